The summed E-state index contributed by atoms with van der Waals surface area (Å²) in [7, 11) is 1.67. The van der Waals surface area contributed by atoms with Gasteiger partial charge in [0.2, 0.25) is 5.95 Å². The molecule has 2 aromatic carbocycles. The molecule has 5 rings (SSSR count). The Morgan fingerprint density at radius 2 is 1.87 bits per heavy atom. The second-order valence-electron chi connectivity index (χ2n) is 8.57. The number of nitrogens with one attached hydrogen (secondary N) is 2. The number of halogens is 1. The first-order valence-corrected chi connectivity index (χ1v) is 10.9. The van der Waals surface area contributed by atoms with E-state index in [1.807, 2.05) is 24.4 Å². The van der Waals surface area contributed by atoms with E-state index in [9.17, 15) is 4.39 Å². The van der Waals surface area contributed by atoms with Gasteiger partial charge in [-0.25, -0.2) is 9.37 Å². The van der Waals surface area contributed by atoms with Crippen molar-refractivity contribution in [3.8, 4) is 5.75 Å². The summed E-state index contributed by atoms with van der Waals surface area (Å²) < 4.78 is 19.1. The van der Waals surface area contributed by atoms with E-state index in [0.717, 1.165) is 59.3 Å². The average molecular weight is 419 g/mol. The van der Waals surface area contributed by atoms with Crippen LogP contribution in [0.5, 0.6) is 5.75 Å². The van der Waals surface area contributed by atoms with Gasteiger partial charge in [0.1, 0.15) is 11.6 Å². The van der Waals surface area contributed by atoms with Crippen LogP contribution < -0.4 is 10.1 Å². The lowest BCUT2D eigenvalue weighted by Crippen LogP contribution is -2.29. The number of benzene rings is 2. The molecule has 2 heterocycles. The number of hydrogen-bond acceptors (Lipinski definition) is 4. The van der Waals surface area contributed by atoms with Crippen LogP contribution in [0, 0.1) is 11.7 Å². The van der Waals surface area contributed by atoms with Gasteiger partial charge in [0, 0.05) is 23.7 Å². The number of ether oxygens (including phenoxy) is 1. The Hall–Kier alpha value is -3.15. The Kier molecular flexibility index (Phi) is 5.22. The quantitative estimate of drug-likeness (QED) is 0.415. The van der Waals surface area contributed by atoms with Crippen LogP contribution in [-0.2, 0) is 0 Å². The van der Waals surface area contributed by atoms with Crippen LogP contribution in [0.15, 0.2) is 48.7 Å². The number of pyridine rings is 1. The Balaban J connectivity index is 1.26. The maximum atomic E-state index is 13.8. The van der Waals surface area contributed by atoms with Gasteiger partial charge >= 0.3 is 0 Å². The topological polar surface area (TPSA) is 62.8 Å². The second-order valence-corrected chi connectivity index (χ2v) is 8.57. The molecule has 1 fully saturated rings. The Labute approximate surface area is 181 Å². The first-order valence-electron chi connectivity index (χ1n) is 10.9. The average Bonchev–Trinajstić information content (AvgIpc) is 3.20. The lowest BCUT2D eigenvalue weighted by Gasteiger charge is -2.33. The van der Waals surface area contributed by atoms with E-state index in [2.05, 4.69) is 33.3 Å². The Morgan fingerprint density at radius 3 is 2.68 bits per heavy atom. The monoisotopic (exact) mass is 418 g/mol. The SMILES string of the molecule is COc1ccc2nc(N[C@H](C)[C@H]3CC[C@@H](c4ccnc5ccc(F)cc54)CC3)[nH]c2c1. The number of fused-ring (bicyclic) bond motifs is 2. The highest BCUT2D eigenvalue weighted by molar-refractivity contribution is 5.82. The molecular formula is C25H27FN4O. The number of methoxy groups -OCH3 is 1. The fourth-order valence-corrected chi connectivity index (χ4v) is 4.94. The van der Waals surface area contributed by atoms with Gasteiger partial charge in [0.05, 0.1) is 23.7 Å². The maximum Gasteiger partial charge on any atom is 0.201 e. The van der Waals surface area contributed by atoms with Gasteiger partial charge in [-0.3, -0.25) is 4.98 Å². The summed E-state index contributed by atoms with van der Waals surface area (Å²) in [4.78, 5) is 12.4. The summed E-state index contributed by atoms with van der Waals surface area (Å²) in [6, 6.07) is 13.1. The zero-order valence-electron chi connectivity index (χ0n) is 17.9. The predicted octanol–water partition coefficient (Wildman–Crippen LogP) is 6.03. The highest BCUT2D eigenvalue weighted by atomic mass is 19.1. The third-order valence-electron chi connectivity index (χ3n) is 6.71. The van der Waals surface area contributed by atoms with Crippen LogP contribution in [0.3, 0.4) is 0 Å². The Bertz CT molecular complexity index is 1210. The number of H-pyrrole nitrogens is 1. The van der Waals surface area contributed by atoms with E-state index in [0.29, 0.717) is 17.9 Å². The van der Waals surface area contributed by atoms with Crippen molar-refractivity contribution in [2.45, 2.75) is 44.6 Å². The molecule has 0 spiro atoms. The summed E-state index contributed by atoms with van der Waals surface area (Å²) in [5, 5.41) is 4.52. The molecule has 0 aliphatic heterocycles. The minimum Gasteiger partial charge on any atom is -0.497 e. The number of anilines is 1. The zero-order valence-corrected chi connectivity index (χ0v) is 17.9. The lowest BCUT2D eigenvalue weighted by atomic mass is 9.75. The normalized spacial score (nSPS) is 20.1. The highest BCUT2D eigenvalue weighted by Crippen LogP contribution is 2.39. The minimum atomic E-state index is -0.197. The van der Waals surface area contributed by atoms with Crippen LogP contribution >= 0.6 is 0 Å². The third kappa shape index (κ3) is 3.94. The van der Waals surface area contributed by atoms with Gasteiger partial charge in [-0.15, -0.1) is 0 Å². The molecule has 1 aliphatic carbocycles. The molecule has 2 aromatic heterocycles. The van der Waals surface area contributed by atoms with Crippen LogP contribution in [0.1, 0.15) is 44.1 Å². The molecule has 0 radical (unpaired) electrons. The molecule has 2 N–H and O–H groups in total. The van der Waals surface area contributed by atoms with E-state index in [-0.39, 0.29) is 5.82 Å². The number of imidazole rings is 1. The van der Waals surface area contributed by atoms with Gasteiger partial charge < -0.3 is 15.0 Å². The van der Waals surface area contributed by atoms with Crippen molar-refractivity contribution in [3.63, 3.8) is 0 Å². The molecule has 1 aliphatic rings. The van der Waals surface area contributed by atoms with Gasteiger partial charge in [0.25, 0.3) is 0 Å². The number of rotatable bonds is 5. The summed E-state index contributed by atoms with van der Waals surface area (Å²) in [5.41, 5.74) is 4.00. The first kappa shape index (κ1) is 19.8. The smallest absolute Gasteiger partial charge is 0.201 e. The molecule has 4 aromatic rings. The fraction of sp³-hybridized carbons (Fsp3) is 0.360. The van der Waals surface area contributed by atoms with Crippen molar-refractivity contribution < 1.29 is 9.13 Å². The summed E-state index contributed by atoms with van der Waals surface area (Å²) in [5.74, 6) is 2.45. The molecule has 1 atom stereocenters. The highest BCUT2D eigenvalue weighted by Gasteiger charge is 2.27. The van der Waals surface area contributed by atoms with E-state index < -0.39 is 0 Å². The van der Waals surface area contributed by atoms with Gasteiger partial charge in [-0.1, -0.05) is 0 Å². The molecule has 0 unspecified atom stereocenters. The molecule has 0 amide bonds. The van der Waals surface area contributed by atoms with Crippen LogP contribution in [0.25, 0.3) is 21.9 Å². The van der Waals surface area contributed by atoms with E-state index in [1.54, 1.807) is 19.2 Å². The van der Waals surface area contributed by atoms with Crippen molar-refractivity contribution in [3.05, 3.63) is 60.0 Å². The van der Waals surface area contributed by atoms with E-state index >= 15 is 0 Å². The number of hydrogen-bond donors (Lipinski definition) is 2. The number of aromatic amines is 1. The van der Waals surface area contributed by atoms with Crippen molar-refractivity contribution in [1.82, 2.24) is 15.0 Å². The fourth-order valence-electron chi connectivity index (χ4n) is 4.94. The van der Waals surface area contributed by atoms with Crippen LogP contribution in [0.4, 0.5) is 10.3 Å². The van der Waals surface area contributed by atoms with Crippen molar-refractivity contribution in [2.75, 3.05) is 12.4 Å². The number of aromatic nitrogens is 3. The van der Waals surface area contributed by atoms with Crippen molar-refractivity contribution in [1.29, 1.82) is 0 Å². The first-order chi connectivity index (χ1) is 15.1. The summed E-state index contributed by atoms with van der Waals surface area (Å²) in [6.07, 6.45) is 6.31. The van der Waals surface area contributed by atoms with Gasteiger partial charge in [-0.2, -0.15) is 0 Å². The molecule has 31 heavy (non-hydrogen) atoms. The van der Waals surface area contributed by atoms with Crippen LogP contribution in [0.2, 0.25) is 0 Å². The molecule has 6 heteroatoms. The molecule has 5 nitrogen and oxygen atoms in total. The summed E-state index contributed by atoms with van der Waals surface area (Å²) in [6.45, 7) is 2.23. The molecule has 1 saturated carbocycles. The maximum absolute atomic E-state index is 13.8. The zero-order chi connectivity index (χ0) is 21.4. The van der Waals surface area contributed by atoms with Gasteiger partial charge in [0.15, 0.2) is 0 Å². The van der Waals surface area contributed by atoms with E-state index in [1.165, 1.54) is 11.6 Å². The minimum absolute atomic E-state index is 0.197. The van der Waals surface area contributed by atoms with Gasteiger partial charge in [-0.05, 0) is 86.4 Å². The van der Waals surface area contributed by atoms with Crippen molar-refractivity contribution >= 4 is 27.9 Å². The molecule has 0 bridgehead atoms. The Morgan fingerprint density at radius 1 is 1.06 bits per heavy atom. The standard InChI is InChI=1S/C25H27FN4O/c1-15(28-25-29-23-10-8-19(31-2)14-24(23)30-25)16-3-5-17(6-4-16)20-11-12-27-22-9-7-18(26)13-21(20)22/h7-17H,3-6H2,1-2H3,(H2,28,29,30)/t15-,16-,17+/m1/s1. The molecule has 0 saturated heterocycles. The largest absolute Gasteiger partial charge is 0.497 e. The molecular weight excluding hydrogens is 391 g/mol. The van der Waals surface area contributed by atoms with E-state index in [4.69, 9.17) is 4.74 Å². The second kappa shape index (κ2) is 8.17. The predicted molar refractivity (Wildman–Crippen MR) is 122 cm³/mol. The van der Waals surface area contributed by atoms with Crippen molar-refractivity contribution in [2.24, 2.45) is 5.92 Å². The number of nitrogens with zero attached hydrogens (tertiary/aromatic N) is 2. The third-order valence-corrected chi connectivity index (χ3v) is 6.71. The van der Waals surface area contributed by atoms with Crippen LogP contribution in [-0.4, -0.2) is 28.1 Å². The summed E-state index contributed by atoms with van der Waals surface area (Å²) >= 11 is 0. The lowest BCUT2D eigenvalue weighted by molar-refractivity contribution is 0.301. The molecule has 160 valence electrons.